The maximum absolute atomic E-state index is 12.4. The molecule has 1 aromatic carbocycles. The van der Waals surface area contributed by atoms with Crippen molar-refractivity contribution in [1.29, 1.82) is 0 Å². The Bertz CT molecular complexity index is 666. The molecule has 5 nitrogen and oxygen atoms in total. The number of carbonyl (C=O) groups excluding carboxylic acids is 1. The van der Waals surface area contributed by atoms with Gasteiger partial charge in [-0.2, -0.15) is 0 Å². The molecule has 6 heteroatoms. The first-order valence-corrected chi connectivity index (χ1v) is 8.20. The molecule has 1 unspecified atom stereocenters. The van der Waals surface area contributed by atoms with Crippen LogP contribution in [-0.4, -0.2) is 25.9 Å². The van der Waals surface area contributed by atoms with Crippen molar-refractivity contribution in [3.63, 3.8) is 0 Å². The summed E-state index contributed by atoms with van der Waals surface area (Å²) in [6.45, 7) is 10.0. The quantitative estimate of drug-likeness (QED) is 0.856. The molecule has 1 heterocycles. The second-order valence-corrected chi connectivity index (χ2v) is 6.99. The average Bonchev–Trinajstić information content (AvgIpc) is 2.91. The first-order chi connectivity index (χ1) is 10.4. The summed E-state index contributed by atoms with van der Waals surface area (Å²) < 4.78 is 1.96. The molecule has 1 amide bonds. The molecule has 0 saturated carbocycles. The zero-order valence-electron chi connectivity index (χ0n) is 13.6. The summed E-state index contributed by atoms with van der Waals surface area (Å²) in [6, 6.07) is 6.31. The van der Waals surface area contributed by atoms with Crippen LogP contribution < -0.4 is 5.32 Å². The summed E-state index contributed by atoms with van der Waals surface area (Å²) in [5.74, 6) is -0.0305. The number of carbonyl (C=O) groups is 1. The fourth-order valence-electron chi connectivity index (χ4n) is 1.99. The molecule has 22 heavy (non-hydrogen) atoms. The average molecular weight is 318 g/mol. The number of nitrogens with zero attached hydrogens (tertiary/aromatic N) is 3. The number of thioether (sulfide) groups is 1. The lowest BCUT2D eigenvalue weighted by Gasteiger charge is -2.15. The van der Waals surface area contributed by atoms with Crippen LogP contribution in [0, 0.1) is 13.8 Å². The largest absolute Gasteiger partial charge is 0.325 e. The van der Waals surface area contributed by atoms with Gasteiger partial charge in [0, 0.05) is 11.7 Å². The smallest absolute Gasteiger partial charge is 0.237 e. The zero-order valence-corrected chi connectivity index (χ0v) is 14.4. The maximum Gasteiger partial charge on any atom is 0.237 e. The molecule has 118 valence electrons. The molecular formula is C16H22N4OS. The van der Waals surface area contributed by atoms with Crippen LogP contribution in [-0.2, 0) is 4.79 Å². The molecule has 0 radical (unpaired) electrons. The van der Waals surface area contributed by atoms with Gasteiger partial charge in [-0.15, -0.1) is 10.2 Å². The normalized spacial score (nSPS) is 12.5. The van der Waals surface area contributed by atoms with Gasteiger partial charge < -0.3 is 9.88 Å². The fraction of sp³-hybridized carbons (Fsp3) is 0.438. The van der Waals surface area contributed by atoms with Crippen molar-refractivity contribution in [2.45, 2.75) is 51.1 Å². The van der Waals surface area contributed by atoms with Crippen LogP contribution in [0.4, 0.5) is 5.69 Å². The Kier molecular flexibility index (Phi) is 5.24. The lowest BCUT2D eigenvalue weighted by Crippen LogP contribution is -2.23. The highest BCUT2D eigenvalue weighted by molar-refractivity contribution is 8.00. The van der Waals surface area contributed by atoms with Crippen molar-refractivity contribution in [3.8, 4) is 0 Å². The van der Waals surface area contributed by atoms with Gasteiger partial charge in [0.15, 0.2) is 5.16 Å². The van der Waals surface area contributed by atoms with E-state index in [0.29, 0.717) is 0 Å². The number of rotatable bonds is 5. The van der Waals surface area contributed by atoms with Gasteiger partial charge >= 0.3 is 0 Å². The Morgan fingerprint density at radius 1 is 1.27 bits per heavy atom. The highest BCUT2D eigenvalue weighted by atomic mass is 32.2. The fourth-order valence-corrected chi connectivity index (χ4v) is 2.94. The zero-order chi connectivity index (χ0) is 16.3. The van der Waals surface area contributed by atoms with Crippen molar-refractivity contribution >= 4 is 23.4 Å². The molecule has 0 aliphatic heterocycles. The first kappa shape index (κ1) is 16.5. The first-order valence-electron chi connectivity index (χ1n) is 7.32. The minimum Gasteiger partial charge on any atom is -0.325 e. The van der Waals surface area contributed by atoms with Crippen LogP contribution in [0.25, 0.3) is 0 Å². The Hall–Kier alpha value is -1.82. The van der Waals surface area contributed by atoms with Crippen LogP contribution in [0.3, 0.4) is 0 Å². The van der Waals surface area contributed by atoms with Gasteiger partial charge in [-0.25, -0.2) is 0 Å². The summed E-state index contributed by atoms with van der Waals surface area (Å²) in [7, 11) is 0. The summed E-state index contributed by atoms with van der Waals surface area (Å²) in [6.07, 6.45) is 1.70. The molecule has 0 bridgehead atoms. The van der Waals surface area contributed by atoms with Crippen molar-refractivity contribution in [3.05, 3.63) is 35.7 Å². The van der Waals surface area contributed by atoms with E-state index in [9.17, 15) is 4.79 Å². The SMILES string of the molecule is Cc1ccc(C)c(NC(=O)C(C)Sc2nncn2C(C)C)c1. The number of aryl methyl sites for hydroxylation is 2. The van der Waals surface area contributed by atoms with Crippen molar-refractivity contribution in [1.82, 2.24) is 14.8 Å². The van der Waals surface area contributed by atoms with E-state index < -0.39 is 0 Å². The summed E-state index contributed by atoms with van der Waals surface area (Å²) in [5, 5.41) is 11.5. The molecule has 2 rings (SSSR count). The van der Waals surface area contributed by atoms with Gasteiger partial charge in [0.1, 0.15) is 6.33 Å². The van der Waals surface area contributed by atoms with Crippen LogP contribution >= 0.6 is 11.8 Å². The minimum absolute atomic E-state index is 0.0305. The van der Waals surface area contributed by atoms with E-state index in [1.807, 2.05) is 43.5 Å². The Morgan fingerprint density at radius 2 is 2.00 bits per heavy atom. The van der Waals surface area contributed by atoms with Crippen molar-refractivity contribution in [2.24, 2.45) is 0 Å². The molecule has 1 N–H and O–H groups in total. The molecule has 0 aliphatic carbocycles. The number of aromatic nitrogens is 3. The number of anilines is 1. The molecule has 0 spiro atoms. The third-order valence-electron chi connectivity index (χ3n) is 3.40. The monoisotopic (exact) mass is 318 g/mol. The van der Waals surface area contributed by atoms with Gasteiger partial charge in [-0.05, 0) is 51.8 Å². The highest BCUT2D eigenvalue weighted by Gasteiger charge is 2.19. The van der Waals surface area contributed by atoms with E-state index in [4.69, 9.17) is 0 Å². The van der Waals surface area contributed by atoms with Crippen LogP contribution in [0.1, 0.15) is 37.9 Å². The Labute approximate surface area is 135 Å². The Morgan fingerprint density at radius 3 is 2.68 bits per heavy atom. The van der Waals surface area contributed by atoms with Crippen LogP contribution in [0.15, 0.2) is 29.7 Å². The van der Waals surface area contributed by atoms with Crippen LogP contribution in [0.5, 0.6) is 0 Å². The van der Waals surface area contributed by atoms with Gasteiger partial charge in [0.05, 0.1) is 5.25 Å². The third-order valence-corrected chi connectivity index (χ3v) is 4.47. The van der Waals surface area contributed by atoms with E-state index in [-0.39, 0.29) is 17.2 Å². The van der Waals surface area contributed by atoms with Gasteiger partial charge in [0.2, 0.25) is 5.91 Å². The standard InChI is InChI=1S/C16H22N4OS/c1-10(2)20-9-17-19-16(20)22-13(5)15(21)18-14-8-11(3)6-7-12(14)4/h6-10,13H,1-5H3,(H,18,21). The predicted octanol–water partition coefficient (Wildman–Crippen LogP) is 3.60. The van der Waals surface area contributed by atoms with Gasteiger partial charge in [-0.1, -0.05) is 23.9 Å². The number of hydrogen-bond acceptors (Lipinski definition) is 4. The van der Waals surface area contributed by atoms with Gasteiger partial charge in [0.25, 0.3) is 0 Å². The van der Waals surface area contributed by atoms with E-state index >= 15 is 0 Å². The van der Waals surface area contributed by atoms with E-state index in [1.165, 1.54) is 11.8 Å². The third kappa shape index (κ3) is 3.88. The lowest BCUT2D eigenvalue weighted by molar-refractivity contribution is -0.115. The Balaban J connectivity index is 2.06. The topological polar surface area (TPSA) is 59.8 Å². The van der Waals surface area contributed by atoms with E-state index in [0.717, 1.165) is 22.0 Å². The van der Waals surface area contributed by atoms with Crippen LogP contribution in [0.2, 0.25) is 0 Å². The molecular weight excluding hydrogens is 296 g/mol. The summed E-state index contributed by atoms with van der Waals surface area (Å²) >= 11 is 1.42. The summed E-state index contributed by atoms with van der Waals surface area (Å²) in [5.41, 5.74) is 3.05. The van der Waals surface area contributed by atoms with E-state index in [1.54, 1.807) is 6.33 Å². The van der Waals surface area contributed by atoms with Crippen molar-refractivity contribution in [2.75, 3.05) is 5.32 Å². The number of nitrogens with one attached hydrogen (secondary N) is 1. The molecule has 1 atom stereocenters. The van der Waals surface area contributed by atoms with E-state index in [2.05, 4.69) is 29.4 Å². The highest BCUT2D eigenvalue weighted by Crippen LogP contribution is 2.25. The van der Waals surface area contributed by atoms with Gasteiger partial charge in [-0.3, -0.25) is 4.79 Å². The molecule has 0 fully saturated rings. The molecule has 0 aliphatic rings. The second kappa shape index (κ2) is 6.96. The minimum atomic E-state index is -0.249. The maximum atomic E-state index is 12.4. The number of benzene rings is 1. The number of hydrogen-bond donors (Lipinski definition) is 1. The van der Waals surface area contributed by atoms with Crippen molar-refractivity contribution < 1.29 is 4.79 Å². The number of amides is 1. The molecule has 1 aromatic heterocycles. The lowest BCUT2D eigenvalue weighted by atomic mass is 10.1. The molecule has 2 aromatic rings. The summed E-state index contributed by atoms with van der Waals surface area (Å²) in [4.78, 5) is 12.4. The predicted molar refractivity (Wildman–Crippen MR) is 90.3 cm³/mol. The molecule has 0 saturated heterocycles. The second-order valence-electron chi connectivity index (χ2n) is 5.68.